The van der Waals surface area contributed by atoms with Crippen molar-refractivity contribution in [1.29, 1.82) is 0 Å². The molecule has 0 amide bonds. The van der Waals surface area contributed by atoms with Gasteiger partial charge in [0.2, 0.25) is 0 Å². The minimum Gasteiger partial charge on any atom is -0.377 e. The van der Waals surface area contributed by atoms with Crippen LogP contribution in [0, 0.1) is 0 Å². The fourth-order valence-corrected chi connectivity index (χ4v) is 1.09. The van der Waals surface area contributed by atoms with Crippen LogP contribution in [0.2, 0.25) is 0 Å². The molecule has 1 saturated heterocycles. The van der Waals surface area contributed by atoms with Gasteiger partial charge in [0.1, 0.15) is 0 Å². The molecule has 0 radical (unpaired) electrons. The number of alkyl halides is 3. The van der Waals surface area contributed by atoms with Crippen LogP contribution in [0.15, 0.2) is 0 Å². The summed E-state index contributed by atoms with van der Waals surface area (Å²) in [6.45, 7) is -0.262. The molecule has 0 aromatic rings. The summed E-state index contributed by atoms with van der Waals surface area (Å²) in [4.78, 5) is 4.20. The third-order valence-electron chi connectivity index (χ3n) is 1.67. The van der Waals surface area contributed by atoms with E-state index >= 15 is 0 Å². The Hall–Kier alpha value is -0.330. The maximum Gasteiger partial charge on any atom is 0.413 e. The molecule has 1 N–H and O–H groups in total. The number of nitrogens with one attached hydrogen (secondary N) is 1. The molecule has 1 heterocycles. The first kappa shape index (κ1) is 10.7. The van der Waals surface area contributed by atoms with Gasteiger partial charge in [0.15, 0.2) is 6.61 Å². The number of hydroxylamine groups is 1. The van der Waals surface area contributed by atoms with Crippen molar-refractivity contribution in [2.45, 2.75) is 25.1 Å². The number of halogens is 3. The predicted octanol–water partition coefficient (Wildman–Crippen LogP) is 1.25. The lowest BCUT2D eigenvalue weighted by molar-refractivity contribution is -0.191. The summed E-state index contributed by atoms with van der Waals surface area (Å²) in [5.41, 5.74) is 2.24. The normalized spacial score (nSPS) is 23.8. The predicted molar refractivity (Wildman–Crippen MR) is 39.0 cm³/mol. The highest BCUT2D eigenvalue weighted by molar-refractivity contribution is 4.64. The highest BCUT2D eigenvalue weighted by Gasteiger charge is 2.28. The summed E-state index contributed by atoms with van der Waals surface area (Å²) in [6.07, 6.45) is -2.44. The van der Waals surface area contributed by atoms with E-state index in [-0.39, 0.29) is 6.10 Å². The van der Waals surface area contributed by atoms with Gasteiger partial charge in [0.05, 0.1) is 6.10 Å². The Morgan fingerprint density at radius 2 is 2.23 bits per heavy atom. The Kier molecular flexibility index (Phi) is 3.95. The highest BCUT2D eigenvalue weighted by atomic mass is 19.4. The molecule has 0 aromatic carbocycles. The molecule has 13 heavy (non-hydrogen) atoms. The fourth-order valence-electron chi connectivity index (χ4n) is 1.09. The van der Waals surface area contributed by atoms with Crippen LogP contribution in [-0.4, -0.2) is 32.0 Å². The Labute approximate surface area is 74.2 Å². The molecule has 1 atom stereocenters. The van der Waals surface area contributed by atoms with Crippen LogP contribution in [-0.2, 0) is 9.57 Å². The summed E-state index contributed by atoms with van der Waals surface area (Å²) >= 11 is 0. The second-order valence-corrected chi connectivity index (χ2v) is 2.89. The molecular weight excluding hydrogens is 187 g/mol. The molecule has 1 aliphatic heterocycles. The first-order chi connectivity index (χ1) is 6.08. The average molecular weight is 199 g/mol. The van der Waals surface area contributed by atoms with Crippen molar-refractivity contribution in [2.75, 3.05) is 19.8 Å². The Bertz CT molecular complexity index is 145. The highest BCUT2D eigenvalue weighted by Crippen LogP contribution is 2.14. The second kappa shape index (κ2) is 4.78. The fraction of sp³-hybridized carbons (Fsp3) is 1.00. The van der Waals surface area contributed by atoms with Gasteiger partial charge >= 0.3 is 6.18 Å². The SMILES string of the molecule is FC(F)(F)CONCC1CCCO1. The Morgan fingerprint density at radius 3 is 2.77 bits per heavy atom. The molecule has 6 heteroatoms. The van der Waals surface area contributed by atoms with Crippen LogP contribution in [0.1, 0.15) is 12.8 Å². The summed E-state index contributed by atoms with van der Waals surface area (Å²) in [5, 5.41) is 0. The molecule has 0 aliphatic carbocycles. The van der Waals surface area contributed by atoms with Gasteiger partial charge in [-0.2, -0.15) is 18.7 Å². The number of ether oxygens (including phenoxy) is 1. The van der Waals surface area contributed by atoms with Crippen molar-refractivity contribution < 1.29 is 22.7 Å². The lowest BCUT2D eigenvalue weighted by Crippen LogP contribution is -2.30. The molecule has 0 aromatic heterocycles. The first-order valence-electron chi connectivity index (χ1n) is 4.11. The van der Waals surface area contributed by atoms with Gasteiger partial charge in [-0.1, -0.05) is 0 Å². The second-order valence-electron chi connectivity index (χ2n) is 2.89. The number of hydrogen-bond acceptors (Lipinski definition) is 3. The van der Waals surface area contributed by atoms with Crippen molar-refractivity contribution in [3.63, 3.8) is 0 Å². The average Bonchev–Trinajstić information content (AvgIpc) is 2.48. The largest absolute Gasteiger partial charge is 0.413 e. The van der Waals surface area contributed by atoms with E-state index in [1.54, 1.807) is 0 Å². The van der Waals surface area contributed by atoms with Crippen LogP contribution in [0.25, 0.3) is 0 Å². The van der Waals surface area contributed by atoms with E-state index in [9.17, 15) is 13.2 Å². The van der Waals surface area contributed by atoms with Crippen LogP contribution in [0.3, 0.4) is 0 Å². The van der Waals surface area contributed by atoms with Gasteiger partial charge in [-0.3, -0.25) is 4.84 Å². The Morgan fingerprint density at radius 1 is 1.46 bits per heavy atom. The molecular formula is C7H12F3NO2. The van der Waals surface area contributed by atoms with Crippen molar-refractivity contribution in [3.05, 3.63) is 0 Å². The van der Waals surface area contributed by atoms with E-state index in [1.807, 2.05) is 0 Å². The van der Waals surface area contributed by atoms with Gasteiger partial charge in [-0.25, -0.2) is 0 Å². The third-order valence-corrected chi connectivity index (χ3v) is 1.67. The minimum absolute atomic E-state index is 0.00627. The van der Waals surface area contributed by atoms with E-state index in [4.69, 9.17) is 4.74 Å². The molecule has 1 fully saturated rings. The molecule has 0 saturated carbocycles. The molecule has 3 nitrogen and oxygen atoms in total. The van der Waals surface area contributed by atoms with Crippen molar-refractivity contribution in [2.24, 2.45) is 0 Å². The van der Waals surface area contributed by atoms with Crippen LogP contribution < -0.4 is 5.48 Å². The maximum atomic E-state index is 11.6. The number of hydrogen-bond donors (Lipinski definition) is 1. The maximum absolute atomic E-state index is 11.6. The molecule has 1 aliphatic rings. The van der Waals surface area contributed by atoms with Gasteiger partial charge in [0.25, 0.3) is 0 Å². The van der Waals surface area contributed by atoms with Crippen molar-refractivity contribution in [3.8, 4) is 0 Å². The Balaban J connectivity index is 1.94. The van der Waals surface area contributed by atoms with Crippen LogP contribution >= 0.6 is 0 Å². The zero-order valence-corrected chi connectivity index (χ0v) is 7.06. The van der Waals surface area contributed by atoms with Gasteiger partial charge in [-0.05, 0) is 12.8 Å². The zero-order chi connectivity index (χ0) is 9.73. The molecule has 78 valence electrons. The standard InChI is InChI=1S/C7H12F3NO2/c8-7(9,10)5-13-11-4-6-2-1-3-12-6/h6,11H,1-5H2. The van der Waals surface area contributed by atoms with Crippen LogP contribution in [0.4, 0.5) is 13.2 Å². The summed E-state index contributed by atoms with van der Waals surface area (Å²) in [7, 11) is 0. The van der Waals surface area contributed by atoms with E-state index in [0.717, 1.165) is 12.8 Å². The number of rotatable bonds is 4. The van der Waals surface area contributed by atoms with Crippen molar-refractivity contribution >= 4 is 0 Å². The zero-order valence-electron chi connectivity index (χ0n) is 7.06. The lowest BCUT2D eigenvalue weighted by Gasteiger charge is -2.11. The molecule has 1 rings (SSSR count). The summed E-state index contributed by atoms with van der Waals surface area (Å²) in [5.74, 6) is 0. The minimum atomic E-state index is -4.27. The van der Waals surface area contributed by atoms with Gasteiger partial charge in [-0.15, -0.1) is 0 Å². The topological polar surface area (TPSA) is 30.5 Å². The first-order valence-corrected chi connectivity index (χ1v) is 4.11. The van der Waals surface area contributed by atoms with Crippen LogP contribution in [0.5, 0.6) is 0 Å². The quantitative estimate of drug-likeness (QED) is 0.546. The van der Waals surface area contributed by atoms with E-state index < -0.39 is 12.8 Å². The lowest BCUT2D eigenvalue weighted by atomic mass is 10.2. The van der Waals surface area contributed by atoms with Gasteiger partial charge < -0.3 is 4.74 Å². The van der Waals surface area contributed by atoms with E-state index in [2.05, 4.69) is 10.3 Å². The third kappa shape index (κ3) is 5.07. The summed E-state index contributed by atoms with van der Waals surface area (Å²) < 4.78 is 39.8. The van der Waals surface area contributed by atoms with E-state index in [1.165, 1.54) is 0 Å². The van der Waals surface area contributed by atoms with Gasteiger partial charge in [0, 0.05) is 13.2 Å². The monoisotopic (exact) mass is 199 g/mol. The van der Waals surface area contributed by atoms with E-state index in [0.29, 0.717) is 13.2 Å². The smallest absolute Gasteiger partial charge is 0.377 e. The molecule has 0 spiro atoms. The summed E-state index contributed by atoms with van der Waals surface area (Å²) in [6, 6.07) is 0. The molecule has 0 bridgehead atoms. The molecule has 1 unspecified atom stereocenters. The van der Waals surface area contributed by atoms with Crippen molar-refractivity contribution in [1.82, 2.24) is 5.48 Å².